The monoisotopic (exact) mass is 296 g/mol. The van der Waals surface area contributed by atoms with Gasteiger partial charge in [-0.25, -0.2) is 9.97 Å². The zero-order valence-electron chi connectivity index (χ0n) is 13.2. The summed E-state index contributed by atoms with van der Waals surface area (Å²) in [6.45, 7) is 5.52. The number of hydrogen-bond donors (Lipinski definition) is 1. The summed E-state index contributed by atoms with van der Waals surface area (Å²) in [7, 11) is 0. The lowest BCUT2D eigenvalue weighted by Gasteiger charge is -2.32. The second-order valence-corrected chi connectivity index (χ2v) is 6.01. The predicted molar refractivity (Wildman–Crippen MR) is 89.5 cm³/mol. The molecule has 116 valence electrons. The molecule has 2 N–H and O–H groups in total. The van der Waals surface area contributed by atoms with Crippen molar-refractivity contribution in [2.24, 2.45) is 0 Å². The average Bonchev–Trinajstić information content (AvgIpc) is 2.56. The molecule has 22 heavy (non-hydrogen) atoms. The van der Waals surface area contributed by atoms with E-state index < -0.39 is 0 Å². The first-order valence-corrected chi connectivity index (χ1v) is 8.14. The standard InChI is InChI=1S/C18H24N4/c1-2-14-5-3-4-6-16(14)13-22-11-8-15(9-12-22)17-7-10-20-18(19)21-17/h3-7,10,15H,2,8-9,11-13H2,1H3,(H2,19,20,21). The normalized spacial score (nSPS) is 16.8. The molecule has 0 saturated carbocycles. The first-order chi connectivity index (χ1) is 10.8. The molecule has 2 heterocycles. The van der Waals surface area contributed by atoms with Gasteiger partial charge in [0.25, 0.3) is 0 Å². The topological polar surface area (TPSA) is 55.0 Å². The largest absolute Gasteiger partial charge is 0.368 e. The number of anilines is 1. The summed E-state index contributed by atoms with van der Waals surface area (Å²) in [6, 6.07) is 10.8. The van der Waals surface area contributed by atoms with E-state index in [0.29, 0.717) is 11.9 Å². The summed E-state index contributed by atoms with van der Waals surface area (Å²) in [5.74, 6) is 0.903. The molecule has 1 saturated heterocycles. The van der Waals surface area contributed by atoms with E-state index >= 15 is 0 Å². The number of rotatable bonds is 4. The molecular weight excluding hydrogens is 272 g/mol. The fourth-order valence-corrected chi connectivity index (χ4v) is 3.30. The van der Waals surface area contributed by atoms with E-state index in [4.69, 9.17) is 5.73 Å². The Hall–Kier alpha value is -1.94. The van der Waals surface area contributed by atoms with Gasteiger partial charge in [0, 0.05) is 24.4 Å². The van der Waals surface area contributed by atoms with E-state index in [9.17, 15) is 0 Å². The highest BCUT2D eigenvalue weighted by Gasteiger charge is 2.22. The number of hydrogen-bond acceptors (Lipinski definition) is 4. The van der Waals surface area contributed by atoms with Crippen LogP contribution in [0.15, 0.2) is 36.5 Å². The molecule has 4 nitrogen and oxygen atoms in total. The fourth-order valence-electron chi connectivity index (χ4n) is 3.30. The van der Waals surface area contributed by atoms with Crippen LogP contribution in [0.25, 0.3) is 0 Å². The smallest absolute Gasteiger partial charge is 0.220 e. The van der Waals surface area contributed by atoms with Gasteiger partial charge >= 0.3 is 0 Å². The predicted octanol–water partition coefficient (Wildman–Crippen LogP) is 3.00. The maximum atomic E-state index is 5.69. The molecule has 1 aromatic heterocycles. The fraction of sp³-hybridized carbons (Fsp3) is 0.444. The molecule has 0 spiro atoms. The number of nitrogen functional groups attached to an aromatic ring is 1. The molecule has 0 unspecified atom stereocenters. The van der Waals surface area contributed by atoms with Crippen molar-refractivity contribution in [2.45, 2.75) is 38.6 Å². The van der Waals surface area contributed by atoms with E-state index in [2.05, 4.69) is 46.1 Å². The number of likely N-dealkylation sites (tertiary alicyclic amines) is 1. The molecule has 0 radical (unpaired) electrons. The van der Waals surface area contributed by atoms with Crippen LogP contribution in [0, 0.1) is 0 Å². The van der Waals surface area contributed by atoms with Gasteiger partial charge in [0.05, 0.1) is 0 Å². The van der Waals surface area contributed by atoms with Gasteiger partial charge < -0.3 is 5.73 Å². The molecule has 1 aromatic carbocycles. The highest BCUT2D eigenvalue weighted by atomic mass is 15.1. The minimum Gasteiger partial charge on any atom is -0.368 e. The third-order valence-corrected chi connectivity index (χ3v) is 4.59. The Balaban J connectivity index is 1.60. The van der Waals surface area contributed by atoms with Crippen molar-refractivity contribution in [3.63, 3.8) is 0 Å². The molecule has 2 aromatic rings. The van der Waals surface area contributed by atoms with Crippen molar-refractivity contribution in [3.8, 4) is 0 Å². The van der Waals surface area contributed by atoms with Gasteiger partial charge in [0.15, 0.2) is 0 Å². The minimum atomic E-state index is 0.386. The average molecular weight is 296 g/mol. The van der Waals surface area contributed by atoms with Crippen LogP contribution in [0.1, 0.15) is 42.5 Å². The van der Waals surface area contributed by atoms with Crippen LogP contribution in [-0.2, 0) is 13.0 Å². The summed E-state index contributed by atoms with van der Waals surface area (Å²) in [6.07, 6.45) is 5.16. The first-order valence-electron chi connectivity index (χ1n) is 8.14. The number of aromatic nitrogens is 2. The summed E-state index contributed by atoms with van der Waals surface area (Å²) in [4.78, 5) is 10.9. The molecule has 0 atom stereocenters. The van der Waals surface area contributed by atoms with Crippen LogP contribution in [0.2, 0.25) is 0 Å². The van der Waals surface area contributed by atoms with Crippen LogP contribution in [-0.4, -0.2) is 28.0 Å². The lowest BCUT2D eigenvalue weighted by Crippen LogP contribution is -2.33. The summed E-state index contributed by atoms with van der Waals surface area (Å²) in [5.41, 5.74) is 9.73. The van der Waals surface area contributed by atoms with Crippen LogP contribution >= 0.6 is 0 Å². The van der Waals surface area contributed by atoms with Gasteiger partial charge in [-0.3, -0.25) is 4.90 Å². The lowest BCUT2D eigenvalue weighted by molar-refractivity contribution is 0.203. The van der Waals surface area contributed by atoms with Gasteiger partial charge in [0.2, 0.25) is 5.95 Å². The van der Waals surface area contributed by atoms with Crippen molar-refractivity contribution < 1.29 is 0 Å². The lowest BCUT2D eigenvalue weighted by atomic mass is 9.93. The Kier molecular flexibility index (Phi) is 4.68. The van der Waals surface area contributed by atoms with Crippen molar-refractivity contribution in [1.29, 1.82) is 0 Å². The quantitative estimate of drug-likeness (QED) is 0.942. The maximum absolute atomic E-state index is 5.69. The molecule has 3 rings (SSSR count). The van der Waals surface area contributed by atoms with Crippen molar-refractivity contribution >= 4 is 5.95 Å². The van der Waals surface area contributed by atoms with Gasteiger partial charge in [-0.05, 0) is 49.5 Å². The van der Waals surface area contributed by atoms with Crippen LogP contribution in [0.4, 0.5) is 5.95 Å². The van der Waals surface area contributed by atoms with Gasteiger partial charge in [-0.15, -0.1) is 0 Å². The SMILES string of the molecule is CCc1ccccc1CN1CCC(c2ccnc(N)n2)CC1. The molecule has 0 bridgehead atoms. The van der Waals surface area contributed by atoms with Crippen LogP contribution in [0.5, 0.6) is 0 Å². The Morgan fingerprint density at radius 3 is 2.55 bits per heavy atom. The van der Waals surface area contributed by atoms with E-state index in [-0.39, 0.29) is 0 Å². The number of piperidine rings is 1. The number of nitrogens with two attached hydrogens (primary N) is 1. The van der Waals surface area contributed by atoms with E-state index in [1.54, 1.807) is 6.20 Å². The zero-order valence-corrected chi connectivity index (χ0v) is 13.2. The number of nitrogens with zero attached hydrogens (tertiary/aromatic N) is 3. The van der Waals surface area contributed by atoms with Gasteiger partial charge in [-0.2, -0.15) is 0 Å². The molecule has 0 aliphatic carbocycles. The Morgan fingerprint density at radius 1 is 1.14 bits per heavy atom. The highest BCUT2D eigenvalue weighted by Crippen LogP contribution is 2.27. The minimum absolute atomic E-state index is 0.386. The molecule has 1 aliphatic heterocycles. The van der Waals surface area contributed by atoms with Crippen LogP contribution < -0.4 is 5.73 Å². The molecule has 4 heteroatoms. The Labute approximate surface area is 132 Å². The van der Waals surface area contributed by atoms with E-state index in [0.717, 1.165) is 44.6 Å². The van der Waals surface area contributed by atoms with Crippen molar-refractivity contribution in [3.05, 3.63) is 53.3 Å². The third kappa shape index (κ3) is 3.45. The molecular formula is C18H24N4. The van der Waals surface area contributed by atoms with Gasteiger partial charge in [0.1, 0.15) is 0 Å². The molecule has 1 fully saturated rings. The number of benzene rings is 1. The molecule has 0 amide bonds. The Morgan fingerprint density at radius 2 is 1.86 bits per heavy atom. The summed E-state index contributed by atoms with van der Waals surface area (Å²) < 4.78 is 0. The second kappa shape index (κ2) is 6.88. The first kappa shape index (κ1) is 15.0. The summed E-state index contributed by atoms with van der Waals surface area (Å²) in [5, 5.41) is 0. The van der Waals surface area contributed by atoms with Crippen molar-refractivity contribution in [2.75, 3.05) is 18.8 Å². The van der Waals surface area contributed by atoms with Gasteiger partial charge in [-0.1, -0.05) is 31.2 Å². The second-order valence-electron chi connectivity index (χ2n) is 6.01. The maximum Gasteiger partial charge on any atom is 0.220 e. The summed E-state index contributed by atoms with van der Waals surface area (Å²) >= 11 is 0. The Bertz CT molecular complexity index is 618. The third-order valence-electron chi connectivity index (χ3n) is 4.59. The number of aryl methyl sites for hydroxylation is 1. The van der Waals surface area contributed by atoms with Crippen molar-refractivity contribution in [1.82, 2.24) is 14.9 Å². The van der Waals surface area contributed by atoms with E-state index in [1.807, 2.05) is 6.07 Å². The zero-order chi connectivity index (χ0) is 15.4. The van der Waals surface area contributed by atoms with E-state index in [1.165, 1.54) is 11.1 Å². The van der Waals surface area contributed by atoms with Crippen LogP contribution in [0.3, 0.4) is 0 Å². The highest BCUT2D eigenvalue weighted by molar-refractivity contribution is 5.27. The molecule has 1 aliphatic rings.